The van der Waals surface area contributed by atoms with E-state index in [1.807, 2.05) is 24.3 Å². The molecule has 1 aromatic rings. The van der Waals surface area contributed by atoms with Gasteiger partial charge in [0.2, 0.25) is 0 Å². The maximum absolute atomic E-state index is 11.1. The number of rotatable bonds is 7. The molecule has 1 aliphatic rings. The van der Waals surface area contributed by atoms with Crippen LogP contribution < -0.4 is 5.32 Å². The molecular weight excluding hydrogens is 302 g/mol. The number of benzene rings is 1. The van der Waals surface area contributed by atoms with E-state index in [0.717, 1.165) is 39.0 Å². The van der Waals surface area contributed by atoms with Crippen LogP contribution in [0.15, 0.2) is 24.3 Å². The molecule has 0 aliphatic carbocycles. The highest BCUT2D eigenvalue weighted by molar-refractivity contribution is 5.73. The van der Waals surface area contributed by atoms with Crippen LogP contribution in [0.3, 0.4) is 0 Å². The molecule has 5 heteroatoms. The predicted octanol–water partition coefficient (Wildman–Crippen LogP) is 2.61. The Morgan fingerprint density at radius 3 is 2.50 bits per heavy atom. The Bertz CT molecular complexity index is 582. The molecule has 2 rings (SSSR count). The average molecular weight is 329 g/mol. The maximum atomic E-state index is 11.1. The molecule has 0 amide bonds. The summed E-state index contributed by atoms with van der Waals surface area (Å²) in [5, 5.41) is 21.5. The van der Waals surface area contributed by atoms with Crippen LogP contribution in [0.4, 0.5) is 0 Å². The molecule has 5 nitrogen and oxygen atoms in total. The van der Waals surface area contributed by atoms with Crippen LogP contribution in [0.1, 0.15) is 44.2 Å². The highest BCUT2D eigenvalue weighted by Crippen LogP contribution is 2.20. The van der Waals surface area contributed by atoms with Crippen LogP contribution in [-0.2, 0) is 11.3 Å². The summed E-state index contributed by atoms with van der Waals surface area (Å²) < 4.78 is 0. The van der Waals surface area contributed by atoms with E-state index in [1.54, 1.807) is 13.8 Å². The van der Waals surface area contributed by atoms with E-state index in [0.29, 0.717) is 18.0 Å². The predicted molar refractivity (Wildman–Crippen MR) is 93.5 cm³/mol. The number of carboxylic acids is 1. The van der Waals surface area contributed by atoms with Gasteiger partial charge in [0.15, 0.2) is 0 Å². The summed E-state index contributed by atoms with van der Waals surface area (Å²) in [5.74, 6) is -0.735. The fourth-order valence-corrected chi connectivity index (χ4v) is 2.93. The molecule has 1 heterocycles. The summed E-state index contributed by atoms with van der Waals surface area (Å²) in [6.45, 7) is 7.30. The van der Waals surface area contributed by atoms with Gasteiger partial charge in [-0.25, -0.2) is 0 Å². The third kappa shape index (κ3) is 5.33. The lowest BCUT2D eigenvalue weighted by atomic mass is 9.89. The van der Waals surface area contributed by atoms with E-state index >= 15 is 0 Å². The molecule has 0 bridgehead atoms. The molecule has 1 aromatic carbocycles. The quantitative estimate of drug-likeness (QED) is 0.804. The van der Waals surface area contributed by atoms with E-state index in [-0.39, 0.29) is 0 Å². The first kappa shape index (κ1) is 18.4. The molecule has 2 N–H and O–H groups in total. The van der Waals surface area contributed by atoms with Crippen molar-refractivity contribution in [2.45, 2.75) is 45.7 Å². The zero-order valence-electron chi connectivity index (χ0n) is 14.6. The van der Waals surface area contributed by atoms with E-state index in [4.69, 9.17) is 10.4 Å². The first-order valence-electron chi connectivity index (χ1n) is 8.59. The van der Waals surface area contributed by atoms with Crippen molar-refractivity contribution >= 4 is 5.97 Å². The number of carbonyl (C=O) groups is 1. The summed E-state index contributed by atoms with van der Waals surface area (Å²) in [5.41, 5.74) is 1.28. The van der Waals surface area contributed by atoms with Gasteiger partial charge in [-0.1, -0.05) is 12.1 Å². The number of likely N-dealkylation sites (tertiary alicyclic amines) is 1. The summed E-state index contributed by atoms with van der Waals surface area (Å²) in [4.78, 5) is 13.5. The molecular formula is C19H27N3O2. The van der Waals surface area contributed by atoms with Gasteiger partial charge < -0.3 is 10.4 Å². The smallest absolute Gasteiger partial charge is 0.309 e. The minimum atomic E-state index is -0.735. The minimum absolute atomic E-state index is 0.479. The topological polar surface area (TPSA) is 76.4 Å². The van der Waals surface area contributed by atoms with Crippen LogP contribution in [0.2, 0.25) is 0 Å². The van der Waals surface area contributed by atoms with Gasteiger partial charge >= 0.3 is 5.97 Å². The number of carboxylic acid groups (broad SMARTS) is 1. The fourth-order valence-electron chi connectivity index (χ4n) is 2.93. The second-order valence-corrected chi connectivity index (χ2v) is 7.25. The molecule has 0 atom stereocenters. The van der Waals surface area contributed by atoms with E-state index in [9.17, 15) is 4.79 Å². The van der Waals surface area contributed by atoms with Gasteiger partial charge in [0.05, 0.1) is 17.0 Å². The van der Waals surface area contributed by atoms with E-state index < -0.39 is 11.4 Å². The van der Waals surface area contributed by atoms with Gasteiger partial charge in [-0.3, -0.25) is 9.69 Å². The lowest BCUT2D eigenvalue weighted by Crippen LogP contribution is -2.43. The summed E-state index contributed by atoms with van der Waals surface area (Å²) in [6.07, 6.45) is 2.82. The molecule has 0 saturated carbocycles. The number of nitrogens with zero attached hydrogens (tertiary/aromatic N) is 2. The van der Waals surface area contributed by atoms with Crippen molar-refractivity contribution in [3.05, 3.63) is 35.4 Å². The highest BCUT2D eigenvalue weighted by Gasteiger charge is 2.27. The van der Waals surface area contributed by atoms with Crippen LogP contribution in [0, 0.1) is 16.7 Å². The zero-order valence-corrected chi connectivity index (χ0v) is 14.6. The Kier molecular flexibility index (Phi) is 6.36. The summed E-state index contributed by atoms with van der Waals surface area (Å²) >= 11 is 0. The van der Waals surface area contributed by atoms with Gasteiger partial charge in [0, 0.05) is 12.6 Å². The second kappa shape index (κ2) is 8.27. The number of hydrogen-bond acceptors (Lipinski definition) is 4. The van der Waals surface area contributed by atoms with Crippen molar-refractivity contribution in [2.75, 3.05) is 19.6 Å². The van der Waals surface area contributed by atoms with Crippen molar-refractivity contribution in [3.63, 3.8) is 0 Å². The molecule has 1 fully saturated rings. The summed E-state index contributed by atoms with van der Waals surface area (Å²) in [7, 11) is 0. The van der Waals surface area contributed by atoms with Crippen molar-refractivity contribution in [1.82, 2.24) is 10.2 Å². The Morgan fingerprint density at radius 2 is 1.96 bits per heavy atom. The average Bonchev–Trinajstić information content (AvgIpc) is 2.57. The van der Waals surface area contributed by atoms with Gasteiger partial charge in [0.1, 0.15) is 0 Å². The van der Waals surface area contributed by atoms with Crippen molar-refractivity contribution < 1.29 is 9.90 Å². The lowest BCUT2D eigenvalue weighted by Gasteiger charge is -2.33. The Morgan fingerprint density at radius 1 is 1.33 bits per heavy atom. The van der Waals surface area contributed by atoms with Gasteiger partial charge in [0.25, 0.3) is 0 Å². The van der Waals surface area contributed by atoms with Crippen LogP contribution in [-0.4, -0.2) is 41.7 Å². The van der Waals surface area contributed by atoms with Gasteiger partial charge in [-0.05, 0) is 70.4 Å². The van der Waals surface area contributed by atoms with Crippen LogP contribution in [0.25, 0.3) is 0 Å². The number of hydrogen-bond donors (Lipinski definition) is 2. The zero-order chi connectivity index (χ0) is 17.6. The molecule has 0 unspecified atom stereocenters. The van der Waals surface area contributed by atoms with Crippen molar-refractivity contribution in [2.24, 2.45) is 5.41 Å². The molecule has 0 radical (unpaired) electrons. The molecule has 130 valence electrons. The van der Waals surface area contributed by atoms with Crippen molar-refractivity contribution in [1.29, 1.82) is 5.26 Å². The third-order valence-corrected chi connectivity index (χ3v) is 4.84. The molecule has 1 saturated heterocycles. The molecule has 0 aromatic heterocycles. The number of aliphatic carboxylic acids is 1. The number of piperidine rings is 1. The second-order valence-electron chi connectivity index (χ2n) is 7.25. The third-order valence-electron chi connectivity index (χ3n) is 4.84. The molecule has 24 heavy (non-hydrogen) atoms. The van der Waals surface area contributed by atoms with Crippen LogP contribution in [0.5, 0.6) is 0 Å². The Labute approximate surface area is 144 Å². The monoisotopic (exact) mass is 329 g/mol. The Balaban J connectivity index is 1.69. The maximum Gasteiger partial charge on any atom is 0.309 e. The van der Waals surface area contributed by atoms with E-state index in [2.05, 4.69) is 16.3 Å². The molecule has 0 spiro atoms. The van der Waals surface area contributed by atoms with Gasteiger partial charge in [-0.15, -0.1) is 0 Å². The van der Waals surface area contributed by atoms with Crippen LogP contribution >= 0.6 is 0 Å². The van der Waals surface area contributed by atoms with Crippen molar-refractivity contribution in [3.8, 4) is 6.07 Å². The van der Waals surface area contributed by atoms with Gasteiger partial charge in [-0.2, -0.15) is 5.26 Å². The lowest BCUT2D eigenvalue weighted by molar-refractivity contribution is -0.147. The largest absolute Gasteiger partial charge is 0.481 e. The highest BCUT2D eigenvalue weighted by atomic mass is 16.4. The first-order valence-corrected chi connectivity index (χ1v) is 8.59. The number of nitrogens with one attached hydrogen (secondary N) is 1. The van der Waals surface area contributed by atoms with E-state index in [1.165, 1.54) is 5.56 Å². The SMILES string of the molecule is CC(C)(CCNC1CCN(Cc2ccc(C#N)cc2)CC1)C(=O)O. The first-order chi connectivity index (χ1) is 11.4. The fraction of sp³-hybridized carbons (Fsp3) is 0.579. The number of nitriles is 1. The standard InChI is InChI=1S/C19H27N3O2/c1-19(2,18(23)24)9-10-21-17-7-11-22(12-8-17)14-16-5-3-15(13-20)4-6-16/h3-6,17,21H,7-12,14H2,1-2H3,(H,23,24). The molecule has 1 aliphatic heterocycles. The summed E-state index contributed by atoms with van der Waals surface area (Å²) in [6, 6.07) is 10.4. The minimum Gasteiger partial charge on any atom is -0.481 e. The Hall–Kier alpha value is -1.90. The normalized spacial score (nSPS) is 16.7.